The second kappa shape index (κ2) is 3.44. The van der Waals surface area contributed by atoms with Gasteiger partial charge >= 0.3 is 0 Å². The van der Waals surface area contributed by atoms with E-state index in [1.54, 1.807) is 6.92 Å². The van der Waals surface area contributed by atoms with Gasteiger partial charge in [0, 0.05) is 18.6 Å². The second-order valence-electron chi connectivity index (χ2n) is 2.68. The van der Waals surface area contributed by atoms with Crippen LogP contribution in [0.2, 0.25) is 0 Å². The molecule has 1 aromatic rings. The Morgan fingerprint density at radius 2 is 2.23 bits per heavy atom. The van der Waals surface area contributed by atoms with Gasteiger partial charge in [0.1, 0.15) is 0 Å². The average Bonchev–Trinajstić information content (AvgIpc) is 2.09. The Bertz CT molecular complexity index is 371. The maximum Gasteiger partial charge on any atom is 0.276 e. The third kappa shape index (κ3) is 1.62. The van der Waals surface area contributed by atoms with Crippen LogP contribution in [0, 0.1) is 6.92 Å². The lowest BCUT2D eigenvalue weighted by atomic mass is 10.2. The third-order valence-corrected chi connectivity index (χ3v) is 1.80. The minimum absolute atomic E-state index is 0.0239. The van der Waals surface area contributed by atoms with Crippen LogP contribution in [0.1, 0.15) is 11.3 Å². The smallest absolute Gasteiger partial charge is 0.276 e. The first kappa shape index (κ1) is 9.53. The highest BCUT2D eigenvalue weighted by Crippen LogP contribution is 2.01. The van der Waals surface area contributed by atoms with Crippen molar-refractivity contribution in [1.29, 1.82) is 0 Å². The van der Waals surface area contributed by atoms with E-state index in [-0.39, 0.29) is 19.0 Å². The maximum atomic E-state index is 11.4. The van der Waals surface area contributed by atoms with E-state index in [1.165, 1.54) is 0 Å². The quantitative estimate of drug-likeness (QED) is 0.479. The van der Waals surface area contributed by atoms with Gasteiger partial charge in [0.2, 0.25) is 5.95 Å². The van der Waals surface area contributed by atoms with Gasteiger partial charge in [-0.15, -0.1) is 0 Å². The first-order valence-corrected chi connectivity index (χ1v) is 3.82. The fraction of sp³-hybridized carbons (Fsp3) is 0.429. The van der Waals surface area contributed by atoms with Gasteiger partial charge in [-0.3, -0.25) is 4.79 Å². The first-order chi connectivity index (χ1) is 6.07. The van der Waals surface area contributed by atoms with Crippen molar-refractivity contribution in [2.75, 3.05) is 18.2 Å². The number of aryl methyl sites for hydroxylation is 1. The Balaban J connectivity index is 3.35. The molecule has 6 nitrogen and oxygen atoms in total. The Morgan fingerprint density at radius 1 is 1.62 bits per heavy atom. The molecule has 0 saturated heterocycles. The maximum absolute atomic E-state index is 11.4. The molecule has 0 fully saturated rings. The van der Waals surface area contributed by atoms with Crippen molar-refractivity contribution in [1.82, 2.24) is 9.66 Å². The van der Waals surface area contributed by atoms with E-state index in [9.17, 15) is 4.79 Å². The zero-order chi connectivity index (χ0) is 10.0. The SMILES string of the molecule is Cc1nc(N)n(N)c(=O)c1CCO. The highest BCUT2D eigenvalue weighted by atomic mass is 16.3. The molecular formula is C7H12N4O2. The van der Waals surface area contributed by atoms with Crippen LogP contribution in [0.5, 0.6) is 0 Å². The summed E-state index contributed by atoms with van der Waals surface area (Å²) in [5.74, 6) is 5.29. The van der Waals surface area contributed by atoms with Crippen LogP contribution in [-0.2, 0) is 6.42 Å². The molecule has 0 radical (unpaired) electrons. The van der Waals surface area contributed by atoms with Crippen LogP contribution in [-0.4, -0.2) is 21.4 Å². The largest absolute Gasteiger partial charge is 0.396 e. The molecule has 0 aromatic carbocycles. The van der Waals surface area contributed by atoms with Gasteiger partial charge in [-0.2, -0.15) is 4.68 Å². The van der Waals surface area contributed by atoms with Gasteiger partial charge in [-0.25, -0.2) is 4.98 Å². The van der Waals surface area contributed by atoms with E-state index < -0.39 is 5.56 Å². The van der Waals surface area contributed by atoms with Crippen molar-refractivity contribution < 1.29 is 5.11 Å². The first-order valence-electron chi connectivity index (χ1n) is 3.82. The summed E-state index contributed by atoms with van der Waals surface area (Å²) in [6.07, 6.45) is 0.245. The van der Waals surface area contributed by atoms with Crippen molar-refractivity contribution in [2.24, 2.45) is 0 Å². The lowest BCUT2D eigenvalue weighted by Gasteiger charge is -2.07. The predicted molar refractivity (Wildman–Crippen MR) is 48.6 cm³/mol. The minimum Gasteiger partial charge on any atom is -0.396 e. The molecule has 0 bridgehead atoms. The molecule has 0 saturated carbocycles. The normalized spacial score (nSPS) is 10.3. The predicted octanol–water partition coefficient (Wildman–Crippen LogP) is -1.62. The number of hydrogen-bond donors (Lipinski definition) is 3. The number of aliphatic hydroxyl groups is 1. The summed E-state index contributed by atoms with van der Waals surface area (Å²) in [5.41, 5.74) is 5.86. The number of hydrogen-bond acceptors (Lipinski definition) is 5. The zero-order valence-electron chi connectivity index (χ0n) is 7.32. The number of anilines is 1. The van der Waals surface area contributed by atoms with E-state index in [0.717, 1.165) is 4.68 Å². The van der Waals surface area contributed by atoms with Crippen LogP contribution < -0.4 is 17.1 Å². The molecule has 0 aliphatic heterocycles. The summed E-state index contributed by atoms with van der Waals surface area (Å²) >= 11 is 0. The van der Waals surface area contributed by atoms with Crippen molar-refractivity contribution >= 4 is 5.95 Å². The fourth-order valence-electron chi connectivity index (χ4n) is 1.10. The van der Waals surface area contributed by atoms with Gasteiger partial charge in [0.05, 0.1) is 5.69 Å². The van der Waals surface area contributed by atoms with Crippen molar-refractivity contribution in [2.45, 2.75) is 13.3 Å². The van der Waals surface area contributed by atoms with E-state index >= 15 is 0 Å². The molecule has 0 spiro atoms. The molecule has 0 aliphatic rings. The molecule has 0 unspecified atom stereocenters. The molecule has 72 valence electrons. The Labute approximate surface area is 74.8 Å². The summed E-state index contributed by atoms with van der Waals surface area (Å²) in [6.45, 7) is 1.55. The highest BCUT2D eigenvalue weighted by molar-refractivity contribution is 5.26. The van der Waals surface area contributed by atoms with Crippen molar-refractivity contribution in [3.8, 4) is 0 Å². The average molecular weight is 184 g/mol. The highest BCUT2D eigenvalue weighted by Gasteiger charge is 2.09. The molecule has 0 aliphatic carbocycles. The molecule has 13 heavy (non-hydrogen) atoms. The summed E-state index contributed by atoms with van der Waals surface area (Å²) in [7, 11) is 0. The molecular weight excluding hydrogens is 172 g/mol. The number of nitrogens with two attached hydrogens (primary N) is 2. The topological polar surface area (TPSA) is 107 Å². The van der Waals surface area contributed by atoms with E-state index in [1.807, 2.05) is 0 Å². The van der Waals surface area contributed by atoms with E-state index in [2.05, 4.69) is 4.98 Å². The molecule has 5 N–H and O–H groups in total. The summed E-state index contributed by atoms with van der Waals surface area (Å²) < 4.78 is 0.776. The van der Waals surface area contributed by atoms with E-state index in [4.69, 9.17) is 16.7 Å². The fourth-order valence-corrected chi connectivity index (χ4v) is 1.10. The molecule has 0 amide bonds. The second-order valence-corrected chi connectivity index (χ2v) is 2.68. The van der Waals surface area contributed by atoms with Gasteiger partial charge < -0.3 is 16.7 Å². The van der Waals surface area contributed by atoms with Crippen molar-refractivity contribution in [3.63, 3.8) is 0 Å². The molecule has 1 aromatic heterocycles. The van der Waals surface area contributed by atoms with Crippen LogP contribution in [0.4, 0.5) is 5.95 Å². The monoisotopic (exact) mass is 184 g/mol. The van der Waals surface area contributed by atoms with Crippen LogP contribution in [0.15, 0.2) is 4.79 Å². The van der Waals surface area contributed by atoms with Gasteiger partial charge in [-0.1, -0.05) is 0 Å². The number of nitrogens with zero attached hydrogens (tertiary/aromatic N) is 2. The number of rotatable bonds is 2. The summed E-state index contributed by atoms with van der Waals surface area (Å²) in [6, 6.07) is 0. The van der Waals surface area contributed by atoms with Crippen LogP contribution in [0.3, 0.4) is 0 Å². The van der Waals surface area contributed by atoms with E-state index in [0.29, 0.717) is 11.3 Å². The molecule has 6 heteroatoms. The minimum atomic E-state index is -0.404. The third-order valence-electron chi connectivity index (χ3n) is 1.80. The zero-order valence-corrected chi connectivity index (χ0v) is 7.32. The van der Waals surface area contributed by atoms with Gasteiger partial charge in [0.15, 0.2) is 0 Å². The van der Waals surface area contributed by atoms with Crippen molar-refractivity contribution in [3.05, 3.63) is 21.6 Å². The summed E-state index contributed by atoms with van der Waals surface area (Å²) in [4.78, 5) is 15.3. The summed E-state index contributed by atoms with van der Waals surface area (Å²) in [5, 5.41) is 8.68. The van der Waals surface area contributed by atoms with Gasteiger partial charge in [0.25, 0.3) is 5.56 Å². The Morgan fingerprint density at radius 3 is 2.77 bits per heavy atom. The molecule has 1 heterocycles. The van der Waals surface area contributed by atoms with Gasteiger partial charge in [-0.05, 0) is 6.92 Å². The molecule has 1 rings (SSSR count). The van der Waals surface area contributed by atoms with Crippen LogP contribution in [0.25, 0.3) is 0 Å². The molecule has 0 atom stereocenters. The number of nitrogen functional groups attached to an aromatic ring is 2. The Hall–Kier alpha value is -1.56. The van der Waals surface area contributed by atoms with Crippen LogP contribution >= 0.6 is 0 Å². The lowest BCUT2D eigenvalue weighted by molar-refractivity contribution is 0.298. The lowest BCUT2D eigenvalue weighted by Crippen LogP contribution is -2.34. The number of aliphatic hydroxyl groups excluding tert-OH is 1. The Kier molecular flexibility index (Phi) is 2.52. The standard InChI is InChI=1S/C7H12N4O2/c1-4-5(2-3-12)6(13)11(9)7(8)10-4/h12H,2-3,9H2,1H3,(H2,8,10). The number of aromatic nitrogens is 2.